The summed E-state index contributed by atoms with van der Waals surface area (Å²) in [6, 6.07) is 17.1. The van der Waals surface area contributed by atoms with Crippen molar-refractivity contribution in [3.8, 4) is 0 Å². The largest absolute Gasteiger partial charge is 0.341 e. The Hall–Kier alpha value is -2.68. The third kappa shape index (κ3) is 5.03. The molecule has 0 unspecified atom stereocenters. The van der Waals surface area contributed by atoms with Gasteiger partial charge in [0.1, 0.15) is 5.82 Å². The molecule has 6 nitrogen and oxygen atoms in total. The van der Waals surface area contributed by atoms with Gasteiger partial charge in [-0.15, -0.1) is 0 Å². The highest BCUT2D eigenvalue weighted by Gasteiger charge is 2.16. The van der Waals surface area contributed by atoms with Crippen molar-refractivity contribution >= 4 is 51.6 Å². The Morgan fingerprint density at radius 2 is 1.72 bits per heavy atom. The molecule has 7 heteroatoms. The van der Waals surface area contributed by atoms with Crippen LogP contribution in [0.2, 0.25) is 0 Å². The van der Waals surface area contributed by atoms with Crippen LogP contribution in [0.1, 0.15) is 28.9 Å². The molecule has 1 amide bonds. The van der Waals surface area contributed by atoms with Gasteiger partial charge in [-0.05, 0) is 84.8 Å². The normalized spacial score (nSPS) is 13.4. The molecule has 4 rings (SSSR count). The summed E-state index contributed by atoms with van der Waals surface area (Å²) in [5.41, 5.74) is 3.23. The highest BCUT2D eigenvalue weighted by atomic mass is 127. The van der Waals surface area contributed by atoms with Gasteiger partial charge in [0.15, 0.2) is 0 Å². The van der Waals surface area contributed by atoms with Crippen LogP contribution in [-0.2, 0) is 0 Å². The average Bonchev–Trinajstić information content (AvgIpc) is 3.24. The summed E-state index contributed by atoms with van der Waals surface area (Å²) >= 11 is 2.20. The molecule has 2 N–H and O–H groups in total. The van der Waals surface area contributed by atoms with E-state index < -0.39 is 0 Å². The summed E-state index contributed by atoms with van der Waals surface area (Å²) in [5.74, 6) is 1.44. The van der Waals surface area contributed by atoms with Crippen molar-refractivity contribution < 1.29 is 4.79 Å². The van der Waals surface area contributed by atoms with Gasteiger partial charge in [0.25, 0.3) is 5.91 Å². The van der Waals surface area contributed by atoms with Crippen LogP contribution in [0.3, 0.4) is 0 Å². The first-order valence-electron chi connectivity index (χ1n) is 9.61. The standard InChI is InChI=1S/C22H22IN5O/c1-15-13-20(27-22(24-15)28-11-2-3-12-28)25-18-7-9-19(10-8-18)26-21(29)16-5-4-6-17(23)14-16/h4-10,13-14H,2-3,11-12H2,1H3,(H,26,29)(H,24,25,27). The Morgan fingerprint density at radius 3 is 2.45 bits per heavy atom. The van der Waals surface area contributed by atoms with E-state index in [0.29, 0.717) is 5.56 Å². The van der Waals surface area contributed by atoms with Gasteiger partial charge in [-0.2, -0.15) is 4.98 Å². The second-order valence-corrected chi connectivity index (χ2v) is 8.30. The molecule has 1 aliphatic rings. The highest BCUT2D eigenvalue weighted by molar-refractivity contribution is 14.1. The van der Waals surface area contributed by atoms with Gasteiger partial charge in [0.05, 0.1) is 0 Å². The van der Waals surface area contributed by atoms with Crippen molar-refractivity contribution in [2.75, 3.05) is 28.6 Å². The fraction of sp³-hybridized carbons (Fsp3) is 0.227. The molecule has 0 aliphatic carbocycles. The van der Waals surface area contributed by atoms with Crippen molar-refractivity contribution in [2.24, 2.45) is 0 Å². The number of amides is 1. The maximum Gasteiger partial charge on any atom is 0.255 e. The number of nitrogens with zero attached hydrogens (tertiary/aromatic N) is 3. The smallest absolute Gasteiger partial charge is 0.255 e. The lowest BCUT2D eigenvalue weighted by Crippen LogP contribution is -2.21. The van der Waals surface area contributed by atoms with Gasteiger partial charge in [0, 0.05) is 45.4 Å². The van der Waals surface area contributed by atoms with Crippen LogP contribution in [0.25, 0.3) is 0 Å². The van der Waals surface area contributed by atoms with Crippen LogP contribution in [0.5, 0.6) is 0 Å². The first-order valence-corrected chi connectivity index (χ1v) is 10.7. The van der Waals surface area contributed by atoms with Gasteiger partial charge in [-0.1, -0.05) is 6.07 Å². The summed E-state index contributed by atoms with van der Waals surface area (Å²) in [6.07, 6.45) is 2.38. The van der Waals surface area contributed by atoms with Crippen molar-refractivity contribution in [1.29, 1.82) is 0 Å². The minimum absolute atomic E-state index is 0.120. The van der Waals surface area contributed by atoms with Crippen molar-refractivity contribution in [1.82, 2.24) is 9.97 Å². The van der Waals surface area contributed by atoms with E-state index in [0.717, 1.165) is 45.5 Å². The van der Waals surface area contributed by atoms with Crippen LogP contribution < -0.4 is 15.5 Å². The molecule has 29 heavy (non-hydrogen) atoms. The van der Waals surface area contributed by atoms with E-state index in [1.165, 1.54) is 12.8 Å². The summed E-state index contributed by atoms with van der Waals surface area (Å²) in [6.45, 7) is 4.01. The number of nitrogens with one attached hydrogen (secondary N) is 2. The zero-order chi connectivity index (χ0) is 20.2. The summed E-state index contributed by atoms with van der Waals surface area (Å²) in [5, 5.41) is 6.27. The molecule has 0 saturated carbocycles. The molecule has 0 atom stereocenters. The fourth-order valence-electron chi connectivity index (χ4n) is 3.29. The summed E-state index contributed by atoms with van der Waals surface area (Å²) in [4.78, 5) is 23.8. The molecule has 1 aromatic heterocycles. The Balaban J connectivity index is 1.44. The first kappa shape index (κ1) is 19.6. The lowest BCUT2D eigenvalue weighted by molar-refractivity contribution is 0.102. The van der Waals surface area contributed by atoms with Crippen LogP contribution in [0.4, 0.5) is 23.1 Å². The minimum atomic E-state index is -0.120. The second-order valence-electron chi connectivity index (χ2n) is 7.06. The van der Waals surface area contributed by atoms with Crippen LogP contribution in [0, 0.1) is 10.5 Å². The topological polar surface area (TPSA) is 70.2 Å². The lowest BCUT2D eigenvalue weighted by atomic mass is 10.2. The number of anilines is 4. The maximum absolute atomic E-state index is 12.4. The number of carbonyl (C=O) groups excluding carboxylic acids is 1. The second kappa shape index (κ2) is 8.77. The highest BCUT2D eigenvalue weighted by Crippen LogP contribution is 2.22. The molecule has 1 saturated heterocycles. The van der Waals surface area contributed by atoms with Crippen LogP contribution in [0.15, 0.2) is 54.6 Å². The van der Waals surface area contributed by atoms with Gasteiger partial charge >= 0.3 is 0 Å². The molecule has 148 valence electrons. The third-order valence-corrected chi connectivity index (χ3v) is 5.40. The van der Waals surface area contributed by atoms with Crippen LogP contribution >= 0.6 is 22.6 Å². The molecule has 2 heterocycles. The van der Waals surface area contributed by atoms with E-state index in [1.54, 1.807) is 0 Å². The predicted octanol–water partition coefficient (Wildman–Crippen LogP) is 4.99. The molecular weight excluding hydrogens is 477 g/mol. The predicted molar refractivity (Wildman–Crippen MR) is 125 cm³/mol. The molecule has 0 spiro atoms. The monoisotopic (exact) mass is 499 g/mol. The summed E-state index contributed by atoms with van der Waals surface area (Å²) in [7, 11) is 0. The van der Waals surface area contributed by atoms with E-state index in [2.05, 4.69) is 48.1 Å². The van der Waals surface area contributed by atoms with E-state index in [4.69, 9.17) is 0 Å². The molecule has 1 aliphatic heterocycles. The molecule has 1 fully saturated rings. The van der Waals surface area contributed by atoms with Gasteiger partial charge in [0.2, 0.25) is 5.95 Å². The Kier molecular flexibility index (Phi) is 5.94. The first-order chi connectivity index (χ1) is 14.1. The lowest BCUT2D eigenvalue weighted by Gasteiger charge is -2.17. The van der Waals surface area contributed by atoms with Crippen LogP contribution in [-0.4, -0.2) is 29.0 Å². The summed E-state index contributed by atoms with van der Waals surface area (Å²) < 4.78 is 1.03. The van der Waals surface area contributed by atoms with E-state index in [9.17, 15) is 4.79 Å². The number of hydrogen-bond acceptors (Lipinski definition) is 5. The van der Waals surface area contributed by atoms with E-state index in [1.807, 2.05) is 61.5 Å². The van der Waals surface area contributed by atoms with E-state index >= 15 is 0 Å². The third-order valence-electron chi connectivity index (χ3n) is 4.73. The number of aromatic nitrogens is 2. The SMILES string of the molecule is Cc1cc(Nc2ccc(NC(=O)c3cccc(I)c3)cc2)nc(N2CCCC2)n1. The zero-order valence-corrected chi connectivity index (χ0v) is 18.3. The van der Waals surface area contributed by atoms with Crippen molar-refractivity contribution in [3.63, 3.8) is 0 Å². The number of aryl methyl sites for hydroxylation is 1. The number of rotatable bonds is 5. The van der Waals surface area contributed by atoms with Crippen molar-refractivity contribution in [2.45, 2.75) is 19.8 Å². The Morgan fingerprint density at radius 1 is 1.00 bits per heavy atom. The Labute approximate surface area is 183 Å². The Bertz CT molecular complexity index is 1020. The minimum Gasteiger partial charge on any atom is -0.341 e. The van der Waals surface area contributed by atoms with Gasteiger partial charge < -0.3 is 15.5 Å². The molecule has 3 aromatic rings. The molecule has 0 bridgehead atoms. The fourth-order valence-corrected chi connectivity index (χ4v) is 3.84. The number of hydrogen-bond donors (Lipinski definition) is 2. The molecular formula is C22H22IN5O. The number of carbonyl (C=O) groups is 1. The number of benzene rings is 2. The van der Waals surface area contributed by atoms with Gasteiger partial charge in [-0.25, -0.2) is 4.98 Å². The average molecular weight is 499 g/mol. The zero-order valence-electron chi connectivity index (χ0n) is 16.2. The molecule has 0 radical (unpaired) electrons. The molecule has 2 aromatic carbocycles. The quantitative estimate of drug-likeness (QED) is 0.485. The van der Waals surface area contributed by atoms with Crippen molar-refractivity contribution in [3.05, 3.63) is 69.4 Å². The van der Waals surface area contributed by atoms with E-state index in [-0.39, 0.29) is 5.91 Å². The maximum atomic E-state index is 12.4. The van der Waals surface area contributed by atoms with Gasteiger partial charge in [-0.3, -0.25) is 4.79 Å². The number of halogens is 1.